The number of carbonyl (C=O) groups is 1. The van der Waals surface area contributed by atoms with E-state index in [-0.39, 0.29) is 5.91 Å². The number of amides is 1. The molecule has 0 unspecified atom stereocenters. The van der Waals surface area contributed by atoms with Crippen LogP contribution in [-0.2, 0) is 0 Å². The fraction of sp³-hybridized carbons (Fsp3) is 0.111. The number of ether oxygens (including phenoxy) is 1. The van der Waals surface area contributed by atoms with Crippen molar-refractivity contribution in [2.24, 2.45) is 0 Å². The van der Waals surface area contributed by atoms with Crippen LogP contribution in [0, 0.1) is 0 Å². The highest BCUT2D eigenvalue weighted by atomic mass is 16.5. The first-order valence-corrected chi connectivity index (χ1v) is 7.79. The average molecular weight is 335 g/mol. The first kappa shape index (κ1) is 16.4. The molecule has 7 heteroatoms. The summed E-state index contributed by atoms with van der Waals surface area (Å²) in [7, 11) is 0. The van der Waals surface area contributed by atoms with E-state index >= 15 is 0 Å². The number of pyridine rings is 1. The summed E-state index contributed by atoms with van der Waals surface area (Å²) >= 11 is 0. The number of carbonyl (C=O) groups excluding carboxylic acids is 1. The molecule has 0 bridgehead atoms. The number of hydrogen-bond acceptors (Lipinski definition) is 6. The molecule has 1 aromatic carbocycles. The van der Waals surface area contributed by atoms with E-state index in [2.05, 4.69) is 25.8 Å². The van der Waals surface area contributed by atoms with Gasteiger partial charge in [0.1, 0.15) is 5.75 Å². The van der Waals surface area contributed by atoms with Gasteiger partial charge in [-0.1, -0.05) is 0 Å². The van der Waals surface area contributed by atoms with Gasteiger partial charge in [-0.05, 0) is 55.5 Å². The highest BCUT2D eigenvalue weighted by molar-refractivity contribution is 6.03. The summed E-state index contributed by atoms with van der Waals surface area (Å²) < 4.78 is 5.40. The predicted molar refractivity (Wildman–Crippen MR) is 95.1 cm³/mol. The Morgan fingerprint density at radius 1 is 1.04 bits per heavy atom. The Balaban J connectivity index is 1.61. The van der Waals surface area contributed by atoms with E-state index in [1.54, 1.807) is 30.5 Å². The molecule has 0 saturated carbocycles. The molecule has 3 aromatic rings. The topological polar surface area (TPSA) is 89.0 Å². The molecule has 0 aliphatic rings. The maximum Gasteiger partial charge on any atom is 0.258 e. The van der Waals surface area contributed by atoms with Gasteiger partial charge in [-0.25, -0.2) is 0 Å². The van der Waals surface area contributed by atoms with Gasteiger partial charge in [0.05, 0.1) is 12.2 Å². The van der Waals surface area contributed by atoms with Crippen molar-refractivity contribution in [1.82, 2.24) is 15.2 Å². The van der Waals surface area contributed by atoms with Gasteiger partial charge in [0.25, 0.3) is 5.91 Å². The van der Waals surface area contributed by atoms with E-state index in [0.29, 0.717) is 23.8 Å². The number of nitrogens with zero attached hydrogens (tertiary/aromatic N) is 3. The zero-order valence-electron chi connectivity index (χ0n) is 13.6. The van der Waals surface area contributed by atoms with E-state index < -0.39 is 0 Å². The number of hydrogen-bond donors (Lipinski definition) is 2. The van der Waals surface area contributed by atoms with E-state index in [9.17, 15) is 4.79 Å². The third-order valence-electron chi connectivity index (χ3n) is 3.27. The molecule has 2 N–H and O–H groups in total. The van der Waals surface area contributed by atoms with Crippen molar-refractivity contribution in [1.29, 1.82) is 0 Å². The maximum absolute atomic E-state index is 12.0. The van der Waals surface area contributed by atoms with Crippen LogP contribution in [0.5, 0.6) is 5.75 Å². The lowest BCUT2D eigenvalue weighted by atomic mass is 10.3. The van der Waals surface area contributed by atoms with E-state index in [1.807, 2.05) is 31.2 Å². The van der Waals surface area contributed by atoms with Crippen LogP contribution >= 0.6 is 0 Å². The highest BCUT2D eigenvalue weighted by Gasteiger charge is 2.07. The number of rotatable bonds is 6. The number of benzene rings is 1. The normalized spacial score (nSPS) is 10.1. The van der Waals surface area contributed by atoms with Gasteiger partial charge in [-0.3, -0.25) is 9.78 Å². The van der Waals surface area contributed by atoms with E-state index in [1.165, 1.54) is 6.20 Å². The molecule has 3 rings (SSSR count). The third kappa shape index (κ3) is 4.51. The largest absolute Gasteiger partial charge is 0.494 e. The molecule has 1 amide bonds. The molecule has 25 heavy (non-hydrogen) atoms. The number of nitrogens with one attached hydrogen (secondary N) is 2. The summed E-state index contributed by atoms with van der Waals surface area (Å²) in [6.07, 6.45) is 3.10. The summed E-state index contributed by atoms with van der Waals surface area (Å²) in [4.78, 5) is 15.9. The second-order valence-corrected chi connectivity index (χ2v) is 5.08. The molecule has 0 aliphatic heterocycles. The summed E-state index contributed by atoms with van der Waals surface area (Å²) in [6.45, 7) is 2.57. The summed E-state index contributed by atoms with van der Waals surface area (Å²) in [5.41, 5.74) is 1.32. The van der Waals surface area contributed by atoms with Crippen LogP contribution in [0.4, 0.5) is 17.3 Å². The van der Waals surface area contributed by atoms with Crippen molar-refractivity contribution >= 4 is 23.2 Å². The minimum Gasteiger partial charge on any atom is -0.494 e. The predicted octanol–water partition coefficient (Wildman–Crippen LogP) is 3.27. The lowest BCUT2D eigenvalue weighted by Gasteiger charge is -2.08. The Morgan fingerprint density at radius 2 is 1.80 bits per heavy atom. The average Bonchev–Trinajstić information content (AvgIpc) is 2.66. The molecule has 2 aromatic heterocycles. The molecule has 0 aliphatic carbocycles. The number of anilines is 3. The van der Waals surface area contributed by atoms with Gasteiger partial charge in [-0.2, -0.15) is 0 Å². The zero-order valence-corrected chi connectivity index (χ0v) is 13.6. The minimum atomic E-state index is -0.283. The summed E-state index contributed by atoms with van der Waals surface area (Å²) in [5, 5.41) is 13.9. The van der Waals surface area contributed by atoms with Crippen LogP contribution < -0.4 is 15.4 Å². The van der Waals surface area contributed by atoms with Crippen molar-refractivity contribution in [3.05, 3.63) is 66.5 Å². The smallest absolute Gasteiger partial charge is 0.258 e. The molecule has 7 nitrogen and oxygen atoms in total. The standard InChI is InChI=1S/C18H17N5O2/c1-2-25-15-7-5-14(6-8-15)20-16-9-10-17(23-22-16)21-18(24)13-4-3-11-19-12-13/h3-12H,2H2,1H3,(H,20,22)(H,21,23,24). The first-order chi connectivity index (χ1) is 12.2. The lowest BCUT2D eigenvalue weighted by molar-refractivity contribution is 0.102. The van der Waals surface area contributed by atoms with Crippen LogP contribution in [0.15, 0.2) is 60.9 Å². The fourth-order valence-electron chi connectivity index (χ4n) is 2.10. The molecule has 0 fully saturated rings. The SMILES string of the molecule is CCOc1ccc(Nc2ccc(NC(=O)c3cccnc3)nn2)cc1. The quantitative estimate of drug-likeness (QED) is 0.719. The van der Waals surface area contributed by atoms with Crippen LogP contribution in [0.3, 0.4) is 0 Å². The van der Waals surface area contributed by atoms with Gasteiger partial charge in [-0.15, -0.1) is 10.2 Å². The van der Waals surface area contributed by atoms with Crippen LogP contribution in [0.1, 0.15) is 17.3 Å². The van der Waals surface area contributed by atoms with Crippen LogP contribution in [0.25, 0.3) is 0 Å². The molecule has 2 heterocycles. The Hall–Kier alpha value is -3.48. The number of aromatic nitrogens is 3. The molecule has 0 spiro atoms. The highest BCUT2D eigenvalue weighted by Crippen LogP contribution is 2.19. The van der Waals surface area contributed by atoms with E-state index in [0.717, 1.165) is 11.4 Å². The molecular formula is C18H17N5O2. The van der Waals surface area contributed by atoms with Crippen molar-refractivity contribution in [3.63, 3.8) is 0 Å². The van der Waals surface area contributed by atoms with Crippen molar-refractivity contribution in [2.75, 3.05) is 17.2 Å². The first-order valence-electron chi connectivity index (χ1n) is 7.79. The van der Waals surface area contributed by atoms with Gasteiger partial charge in [0.2, 0.25) is 0 Å². The second kappa shape index (κ2) is 7.87. The van der Waals surface area contributed by atoms with Gasteiger partial charge < -0.3 is 15.4 Å². The monoisotopic (exact) mass is 335 g/mol. The molecular weight excluding hydrogens is 318 g/mol. The Bertz CT molecular complexity index is 820. The summed E-state index contributed by atoms with van der Waals surface area (Å²) in [6, 6.07) is 14.3. The Morgan fingerprint density at radius 3 is 2.44 bits per heavy atom. The third-order valence-corrected chi connectivity index (χ3v) is 3.27. The van der Waals surface area contributed by atoms with Crippen molar-refractivity contribution in [3.8, 4) is 5.75 Å². The van der Waals surface area contributed by atoms with E-state index in [4.69, 9.17) is 4.74 Å². The lowest BCUT2D eigenvalue weighted by Crippen LogP contribution is -2.13. The molecule has 0 atom stereocenters. The Labute approximate surface area is 145 Å². The van der Waals surface area contributed by atoms with Gasteiger partial charge in [0, 0.05) is 18.1 Å². The second-order valence-electron chi connectivity index (χ2n) is 5.08. The molecule has 0 radical (unpaired) electrons. The zero-order chi connectivity index (χ0) is 17.5. The van der Waals surface area contributed by atoms with Crippen molar-refractivity contribution in [2.45, 2.75) is 6.92 Å². The van der Waals surface area contributed by atoms with Crippen LogP contribution in [0.2, 0.25) is 0 Å². The summed E-state index contributed by atoms with van der Waals surface area (Å²) in [5.74, 6) is 1.47. The minimum absolute atomic E-state index is 0.283. The molecule has 126 valence electrons. The Kier molecular flexibility index (Phi) is 5.16. The van der Waals surface area contributed by atoms with Gasteiger partial charge in [0.15, 0.2) is 11.6 Å². The van der Waals surface area contributed by atoms with Crippen LogP contribution in [-0.4, -0.2) is 27.7 Å². The van der Waals surface area contributed by atoms with Gasteiger partial charge >= 0.3 is 0 Å². The molecule has 0 saturated heterocycles. The fourth-order valence-corrected chi connectivity index (χ4v) is 2.10. The maximum atomic E-state index is 12.0. The van der Waals surface area contributed by atoms with Crippen molar-refractivity contribution < 1.29 is 9.53 Å².